The van der Waals surface area contributed by atoms with E-state index in [1.165, 1.54) is 14.0 Å². The van der Waals surface area contributed by atoms with Crippen LogP contribution < -0.4 is 4.74 Å². The van der Waals surface area contributed by atoms with Crippen molar-refractivity contribution in [2.24, 2.45) is 0 Å². The van der Waals surface area contributed by atoms with Crippen LogP contribution in [-0.2, 0) is 19.1 Å². The number of fused-ring (bicyclic) bond motifs is 1. The second-order valence-corrected chi connectivity index (χ2v) is 6.54. The number of amides is 1. The number of ether oxygens (including phenoxy) is 3. The van der Waals surface area contributed by atoms with E-state index in [0.29, 0.717) is 5.75 Å². The van der Waals surface area contributed by atoms with E-state index in [4.69, 9.17) is 19.5 Å². The third-order valence-corrected chi connectivity index (χ3v) is 4.72. The van der Waals surface area contributed by atoms with Gasteiger partial charge in [-0.05, 0) is 16.8 Å². The fourth-order valence-electron chi connectivity index (χ4n) is 3.68. The van der Waals surface area contributed by atoms with Gasteiger partial charge in [-0.2, -0.15) is 5.26 Å². The van der Waals surface area contributed by atoms with Gasteiger partial charge in [0.1, 0.15) is 11.9 Å². The van der Waals surface area contributed by atoms with Gasteiger partial charge in [0, 0.05) is 26.1 Å². The summed E-state index contributed by atoms with van der Waals surface area (Å²) in [5.41, 5.74) is 0.755. The number of carbonyl (C=O) groups excluding carboxylic acids is 2. The molecule has 0 aliphatic carbocycles. The van der Waals surface area contributed by atoms with E-state index in [2.05, 4.69) is 6.07 Å². The van der Waals surface area contributed by atoms with Crippen LogP contribution in [0.3, 0.4) is 0 Å². The average molecular weight is 382 g/mol. The van der Waals surface area contributed by atoms with Gasteiger partial charge in [0.25, 0.3) is 0 Å². The second kappa shape index (κ2) is 8.72. The smallest absolute Gasteiger partial charge is 0.303 e. The molecule has 0 aromatic heterocycles. The molecule has 28 heavy (non-hydrogen) atoms. The third kappa shape index (κ3) is 3.92. The first kappa shape index (κ1) is 19.6. The average Bonchev–Trinajstić information content (AvgIpc) is 2.97. The molecule has 1 fully saturated rings. The van der Waals surface area contributed by atoms with E-state index in [9.17, 15) is 9.59 Å². The summed E-state index contributed by atoms with van der Waals surface area (Å²) >= 11 is 0. The van der Waals surface area contributed by atoms with Crippen LogP contribution in [0, 0.1) is 11.3 Å². The van der Waals surface area contributed by atoms with Crippen LogP contribution in [0.4, 0.5) is 0 Å². The minimum atomic E-state index is -0.653. The molecular formula is C21H22N2O5. The van der Waals surface area contributed by atoms with E-state index in [1.807, 2.05) is 36.4 Å². The standard InChI is InChI=1S/C21H22N2O5/c1-14(24)28-18-12-19(25)23(11-5-10-22)21(18)20-16-7-4-3-6-15(16)8-9-17(20)27-13-26-2/h3-4,6-9,18,21H,5,11-13H2,1-2H3/t18-,21-/m0/s1. The Bertz CT molecular complexity index is 921. The number of likely N-dealkylation sites (tertiary alicyclic amines) is 1. The Kier molecular flexibility index (Phi) is 6.12. The number of rotatable bonds is 7. The number of esters is 1. The number of methoxy groups -OCH3 is 1. The molecule has 0 N–H and O–H groups in total. The molecule has 1 aliphatic heterocycles. The molecule has 0 saturated carbocycles. The molecule has 2 aromatic rings. The largest absolute Gasteiger partial charge is 0.467 e. The van der Waals surface area contributed by atoms with E-state index >= 15 is 0 Å². The van der Waals surface area contributed by atoms with Gasteiger partial charge in [-0.1, -0.05) is 30.3 Å². The van der Waals surface area contributed by atoms with Gasteiger partial charge in [-0.3, -0.25) is 9.59 Å². The van der Waals surface area contributed by atoms with Gasteiger partial charge in [-0.25, -0.2) is 0 Å². The lowest BCUT2D eigenvalue weighted by Gasteiger charge is -2.30. The highest BCUT2D eigenvalue weighted by atomic mass is 16.7. The van der Waals surface area contributed by atoms with Crippen molar-refractivity contribution in [3.8, 4) is 11.8 Å². The third-order valence-electron chi connectivity index (χ3n) is 4.72. The highest BCUT2D eigenvalue weighted by molar-refractivity contribution is 5.90. The zero-order chi connectivity index (χ0) is 20.1. The van der Waals surface area contributed by atoms with Gasteiger partial charge >= 0.3 is 5.97 Å². The summed E-state index contributed by atoms with van der Waals surface area (Å²) in [6, 6.07) is 13.0. The van der Waals surface area contributed by atoms with Crippen LogP contribution >= 0.6 is 0 Å². The zero-order valence-corrected chi connectivity index (χ0v) is 15.9. The molecule has 1 saturated heterocycles. The number of benzene rings is 2. The summed E-state index contributed by atoms with van der Waals surface area (Å²) in [4.78, 5) is 26.0. The summed E-state index contributed by atoms with van der Waals surface area (Å²) in [6.07, 6.45) is -0.393. The maximum atomic E-state index is 12.7. The Labute approximate surface area is 163 Å². The van der Waals surface area contributed by atoms with Crippen molar-refractivity contribution in [3.05, 3.63) is 42.0 Å². The van der Waals surface area contributed by atoms with Crippen molar-refractivity contribution in [2.45, 2.75) is 31.9 Å². The molecule has 1 aliphatic rings. The fourth-order valence-corrected chi connectivity index (χ4v) is 3.68. The van der Waals surface area contributed by atoms with Gasteiger partial charge in [-0.15, -0.1) is 0 Å². The Hall–Kier alpha value is -3.11. The lowest BCUT2D eigenvalue weighted by Crippen LogP contribution is -2.32. The number of hydrogen-bond donors (Lipinski definition) is 0. The topological polar surface area (TPSA) is 88.9 Å². The molecule has 2 atom stereocenters. The number of nitriles is 1. The van der Waals surface area contributed by atoms with Gasteiger partial charge in [0.05, 0.1) is 25.0 Å². The molecule has 7 heteroatoms. The van der Waals surface area contributed by atoms with Gasteiger partial charge < -0.3 is 19.1 Å². The van der Waals surface area contributed by atoms with Crippen LogP contribution in [-0.4, -0.2) is 43.3 Å². The molecule has 2 aromatic carbocycles. The number of hydrogen-bond acceptors (Lipinski definition) is 6. The van der Waals surface area contributed by atoms with Gasteiger partial charge in [0.2, 0.25) is 5.91 Å². The van der Waals surface area contributed by atoms with Crippen LogP contribution in [0.1, 0.15) is 31.4 Å². The Morgan fingerprint density at radius 2 is 2.07 bits per heavy atom. The van der Waals surface area contributed by atoms with Crippen molar-refractivity contribution in [1.29, 1.82) is 5.26 Å². The molecular weight excluding hydrogens is 360 g/mol. The van der Waals surface area contributed by atoms with Crippen LogP contribution in [0.25, 0.3) is 10.8 Å². The number of nitrogens with zero attached hydrogens (tertiary/aromatic N) is 2. The first-order valence-electron chi connectivity index (χ1n) is 9.03. The van der Waals surface area contributed by atoms with Crippen LogP contribution in [0.2, 0.25) is 0 Å². The van der Waals surface area contributed by atoms with Crippen LogP contribution in [0.5, 0.6) is 5.75 Å². The predicted molar refractivity (Wildman–Crippen MR) is 101 cm³/mol. The predicted octanol–water partition coefficient (Wildman–Crippen LogP) is 2.94. The first-order valence-corrected chi connectivity index (χ1v) is 9.03. The molecule has 146 valence electrons. The van der Waals surface area contributed by atoms with E-state index in [1.54, 1.807) is 4.90 Å². The van der Waals surface area contributed by atoms with Crippen molar-refractivity contribution in [3.63, 3.8) is 0 Å². The summed E-state index contributed by atoms with van der Waals surface area (Å²) in [5.74, 6) is -0.0546. The Balaban J connectivity index is 2.17. The molecule has 0 unspecified atom stereocenters. The summed E-state index contributed by atoms with van der Waals surface area (Å²) < 4.78 is 16.3. The normalized spacial score (nSPS) is 18.9. The zero-order valence-electron chi connectivity index (χ0n) is 15.9. The molecule has 3 rings (SSSR count). The lowest BCUT2D eigenvalue weighted by molar-refractivity contribution is -0.147. The molecule has 1 amide bonds. The summed E-state index contributed by atoms with van der Waals surface area (Å²) in [5, 5.41) is 10.9. The monoisotopic (exact) mass is 382 g/mol. The Morgan fingerprint density at radius 3 is 2.79 bits per heavy atom. The maximum Gasteiger partial charge on any atom is 0.303 e. The molecule has 0 spiro atoms. The lowest BCUT2D eigenvalue weighted by atomic mass is 9.94. The summed E-state index contributed by atoms with van der Waals surface area (Å²) in [7, 11) is 1.53. The highest BCUT2D eigenvalue weighted by Gasteiger charge is 2.44. The molecule has 0 radical (unpaired) electrons. The molecule has 1 heterocycles. The second-order valence-electron chi connectivity index (χ2n) is 6.54. The van der Waals surface area contributed by atoms with E-state index in [0.717, 1.165) is 16.3 Å². The van der Waals surface area contributed by atoms with Crippen LogP contribution in [0.15, 0.2) is 36.4 Å². The minimum Gasteiger partial charge on any atom is -0.467 e. The molecule has 7 nitrogen and oxygen atoms in total. The van der Waals surface area contributed by atoms with Crippen molar-refractivity contribution >= 4 is 22.6 Å². The van der Waals surface area contributed by atoms with Crippen molar-refractivity contribution in [1.82, 2.24) is 4.90 Å². The van der Waals surface area contributed by atoms with E-state index in [-0.39, 0.29) is 32.1 Å². The molecule has 0 bridgehead atoms. The quantitative estimate of drug-likeness (QED) is 0.540. The maximum absolute atomic E-state index is 12.7. The first-order chi connectivity index (χ1) is 13.6. The van der Waals surface area contributed by atoms with Crippen molar-refractivity contribution < 1.29 is 23.8 Å². The fraction of sp³-hybridized carbons (Fsp3) is 0.381. The Morgan fingerprint density at radius 1 is 1.29 bits per heavy atom. The number of carbonyl (C=O) groups is 2. The SMILES string of the molecule is COCOc1ccc2ccccc2c1[C@@H]1[C@@H](OC(C)=O)CC(=O)N1CCC#N. The van der Waals surface area contributed by atoms with E-state index < -0.39 is 18.1 Å². The van der Waals surface area contributed by atoms with Gasteiger partial charge in [0.15, 0.2) is 6.79 Å². The summed E-state index contributed by atoms with van der Waals surface area (Å²) in [6.45, 7) is 1.62. The minimum absolute atomic E-state index is 0.0441. The van der Waals surface area contributed by atoms with Crippen molar-refractivity contribution in [2.75, 3.05) is 20.4 Å². The highest BCUT2D eigenvalue weighted by Crippen LogP contribution is 2.43.